The summed E-state index contributed by atoms with van der Waals surface area (Å²) in [6.45, 7) is 3.39. The van der Waals surface area contributed by atoms with E-state index in [0.29, 0.717) is 5.92 Å². The van der Waals surface area contributed by atoms with Crippen LogP contribution in [0.5, 0.6) is 0 Å². The van der Waals surface area contributed by atoms with Gasteiger partial charge >= 0.3 is 0 Å². The molecule has 3 rings (SSSR count). The van der Waals surface area contributed by atoms with Crippen molar-refractivity contribution < 1.29 is 4.79 Å². The standard InChI is InChI=1S/C18H21NO/c1-2-4-18(20)19-12-3-5-17(13-19)16-10-8-15(9-11-16)14-6-7-14/h8-11,14,17H,3,5-7,12-13H2,1H3. The fraction of sp³-hybridized carbons (Fsp3) is 0.500. The fourth-order valence-electron chi connectivity index (χ4n) is 3.08. The van der Waals surface area contributed by atoms with E-state index in [1.54, 1.807) is 6.92 Å². The van der Waals surface area contributed by atoms with E-state index < -0.39 is 0 Å². The second-order valence-corrected chi connectivity index (χ2v) is 5.91. The molecular formula is C18H21NO. The van der Waals surface area contributed by atoms with Crippen LogP contribution in [0.1, 0.15) is 55.6 Å². The van der Waals surface area contributed by atoms with Crippen molar-refractivity contribution in [3.63, 3.8) is 0 Å². The van der Waals surface area contributed by atoms with Crippen molar-refractivity contribution in [2.75, 3.05) is 13.1 Å². The molecule has 1 saturated carbocycles. The Bertz CT molecular complexity index is 545. The molecule has 1 aromatic carbocycles. The summed E-state index contributed by atoms with van der Waals surface area (Å²) in [5.74, 6) is 6.63. The number of likely N-dealkylation sites (tertiary alicyclic amines) is 1. The van der Waals surface area contributed by atoms with Crippen molar-refractivity contribution in [2.45, 2.75) is 44.4 Å². The SMILES string of the molecule is CC#CC(=O)N1CCCC(c2ccc(C3CC3)cc2)C1. The van der Waals surface area contributed by atoms with Gasteiger partial charge in [-0.05, 0) is 55.6 Å². The van der Waals surface area contributed by atoms with Crippen molar-refractivity contribution in [1.82, 2.24) is 4.90 Å². The number of hydrogen-bond donors (Lipinski definition) is 0. The normalized spacial score (nSPS) is 22.1. The van der Waals surface area contributed by atoms with Gasteiger partial charge in [0.1, 0.15) is 0 Å². The van der Waals surface area contributed by atoms with E-state index >= 15 is 0 Å². The van der Waals surface area contributed by atoms with Gasteiger partial charge in [-0.1, -0.05) is 30.2 Å². The number of benzene rings is 1. The molecule has 2 aliphatic rings. The molecule has 1 aromatic rings. The quantitative estimate of drug-likeness (QED) is 0.753. The van der Waals surface area contributed by atoms with E-state index in [0.717, 1.165) is 25.4 Å². The second-order valence-electron chi connectivity index (χ2n) is 5.91. The molecule has 2 fully saturated rings. The van der Waals surface area contributed by atoms with E-state index in [-0.39, 0.29) is 5.91 Å². The van der Waals surface area contributed by atoms with Crippen LogP contribution in [-0.4, -0.2) is 23.9 Å². The summed E-state index contributed by atoms with van der Waals surface area (Å²) in [5.41, 5.74) is 2.85. The summed E-state index contributed by atoms with van der Waals surface area (Å²) in [4.78, 5) is 13.8. The summed E-state index contributed by atoms with van der Waals surface area (Å²) in [6.07, 6.45) is 4.94. The highest BCUT2D eigenvalue weighted by Crippen LogP contribution is 2.40. The molecule has 1 saturated heterocycles. The third kappa shape index (κ3) is 2.88. The van der Waals surface area contributed by atoms with Gasteiger partial charge in [0.15, 0.2) is 0 Å². The molecular weight excluding hydrogens is 246 g/mol. The van der Waals surface area contributed by atoms with Crippen molar-refractivity contribution in [3.8, 4) is 11.8 Å². The molecule has 0 spiro atoms. The Balaban J connectivity index is 1.69. The Labute approximate surface area is 121 Å². The average molecular weight is 267 g/mol. The number of hydrogen-bond acceptors (Lipinski definition) is 1. The zero-order valence-corrected chi connectivity index (χ0v) is 12.1. The molecule has 20 heavy (non-hydrogen) atoms. The monoisotopic (exact) mass is 267 g/mol. The number of piperidine rings is 1. The number of rotatable bonds is 2. The molecule has 1 atom stereocenters. The Morgan fingerprint density at radius 3 is 2.35 bits per heavy atom. The van der Waals surface area contributed by atoms with Crippen molar-refractivity contribution >= 4 is 5.91 Å². The van der Waals surface area contributed by atoms with Gasteiger partial charge < -0.3 is 4.90 Å². The molecule has 1 amide bonds. The maximum absolute atomic E-state index is 11.9. The Morgan fingerprint density at radius 1 is 1.10 bits per heavy atom. The first-order valence-electron chi connectivity index (χ1n) is 7.59. The Morgan fingerprint density at radius 2 is 1.75 bits per heavy atom. The van der Waals surface area contributed by atoms with E-state index in [1.165, 1.54) is 30.4 Å². The van der Waals surface area contributed by atoms with Crippen LogP contribution in [0.4, 0.5) is 0 Å². The number of carbonyl (C=O) groups excluding carboxylic acids is 1. The smallest absolute Gasteiger partial charge is 0.298 e. The van der Waals surface area contributed by atoms with Crippen molar-refractivity contribution in [3.05, 3.63) is 35.4 Å². The van der Waals surface area contributed by atoms with Crippen molar-refractivity contribution in [1.29, 1.82) is 0 Å². The highest BCUT2D eigenvalue weighted by Gasteiger charge is 2.26. The van der Waals surface area contributed by atoms with Crippen LogP contribution in [-0.2, 0) is 4.79 Å². The van der Waals surface area contributed by atoms with Crippen LogP contribution in [0.3, 0.4) is 0 Å². The van der Waals surface area contributed by atoms with Crippen LogP contribution in [0.2, 0.25) is 0 Å². The number of nitrogens with zero attached hydrogens (tertiary/aromatic N) is 1. The maximum Gasteiger partial charge on any atom is 0.298 e. The van der Waals surface area contributed by atoms with E-state index in [4.69, 9.17) is 0 Å². The zero-order valence-electron chi connectivity index (χ0n) is 12.1. The third-order valence-corrected chi connectivity index (χ3v) is 4.40. The van der Waals surface area contributed by atoms with E-state index in [9.17, 15) is 4.79 Å². The molecule has 1 aliphatic carbocycles. The summed E-state index contributed by atoms with van der Waals surface area (Å²) >= 11 is 0. The zero-order chi connectivity index (χ0) is 13.9. The first-order chi connectivity index (χ1) is 9.78. The summed E-state index contributed by atoms with van der Waals surface area (Å²) < 4.78 is 0. The minimum atomic E-state index is -0.0215. The van der Waals surface area contributed by atoms with Crippen LogP contribution in [0.25, 0.3) is 0 Å². The lowest BCUT2D eigenvalue weighted by Crippen LogP contribution is -2.38. The largest absolute Gasteiger partial charge is 0.331 e. The van der Waals surface area contributed by atoms with Gasteiger partial charge in [-0.3, -0.25) is 4.79 Å². The maximum atomic E-state index is 11.9. The van der Waals surface area contributed by atoms with Crippen LogP contribution in [0.15, 0.2) is 24.3 Å². The predicted octanol–water partition coefficient (Wildman–Crippen LogP) is 3.29. The molecule has 104 valence electrons. The van der Waals surface area contributed by atoms with Gasteiger partial charge in [-0.15, -0.1) is 0 Å². The van der Waals surface area contributed by atoms with Gasteiger partial charge in [-0.25, -0.2) is 0 Å². The highest BCUT2D eigenvalue weighted by atomic mass is 16.2. The molecule has 2 heteroatoms. The summed E-state index contributed by atoms with van der Waals surface area (Å²) in [5, 5.41) is 0. The predicted molar refractivity (Wildman–Crippen MR) is 80.4 cm³/mol. The molecule has 1 heterocycles. The van der Waals surface area contributed by atoms with Gasteiger partial charge in [0.2, 0.25) is 0 Å². The van der Waals surface area contributed by atoms with Crippen LogP contribution < -0.4 is 0 Å². The average Bonchev–Trinajstić information content (AvgIpc) is 3.33. The minimum Gasteiger partial charge on any atom is -0.331 e. The highest BCUT2D eigenvalue weighted by molar-refractivity contribution is 5.93. The van der Waals surface area contributed by atoms with E-state index in [1.807, 2.05) is 4.90 Å². The van der Waals surface area contributed by atoms with Gasteiger partial charge in [0.25, 0.3) is 5.91 Å². The van der Waals surface area contributed by atoms with Crippen LogP contribution in [0, 0.1) is 11.8 Å². The summed E-state index contributed by atoms with van der Waals surface area (Å²) in [6, 6.07) is 9.08. The first-order valence-corrected chi connectivity index (χ1v) is 7.59. The number of carbonyl (C=O) groups is 1. The van der Waals surface area contributed by atoms with Gasteiger partial charge in [0.05, 0.1) is 0 Å². The van der Waals surface area contributed by atoms with Gasteiger partial charge in [-0.2, -0.15) is 0 Å². The first kappa shape index (κ1) is 13.2. The lowest BCUT2D eigenvalue weighted by Gasteiger charge is -2.31. The lowest BCUT2D eigenvalue weighted by atomic mass is 9.90. The molecule has 1 unspecified atom stereocenters. The fourth-order valence-corrected chi connectivity index (χ4v) is 3.08. The van der Waals surface area contributed by atoms with Crippen molar-refractivity contribution in [2.24, 2.45) is 0 Å². The summed E-state index contributed by atoms with van der Waals surface area (Å²) in [7, 11) is 0. The number of amides is 1. The third-order valence-electron chi connectivity index (χ3n) is 4.40. The molecule has 0 bridgehead atoms. The van der Waals surface area contributed by atoms with E-state index in [2.05, 4.69) is 36.1 Å². The Kier molecular flexibility index (Phi) is 3.78. The van der Waals surface area contributed by atoms with Crippen LogP contribution >= 0.6 is 0 Å². The second kappa shape index (κ2) is 5.71. The molecule has 1 aliphatic heterocycles. The molecule has 0 radical (unpaired) electrons. The minimum absolute atomic E-state index is 0.0215. The molecule has 2 nitrogen and oxygen atoms in total. The molecule has 0 N–H and O–H groups in total. The lowest BCUT2D eigenvalue weighted by molar-refractivity contribution is -0.126. The topological polar surface area (TPSA) is 20.3 Å². The van der Waals surface area contributed by atoms with Gasteiger partial charge in [0, 0.05) is 19.0 Å². The molecule has 0 aromatic heterocycles. The Hall–Kier alpha value is -1.75.